The number of carboxylic acid groups (broad SMARTS) is 1. The highest BCUT2D eigenvalue weighted by molar-refractivity contribution is 5.78. The number of aliphatic carboxylic acids is 1. The van der Waals surface area contributed by atoms with Gasteiger partial charge in [-0.3, -0.25) is 4.79 Å². The number of urea groups is 1. The Kier molecular flexibility index (Phi) is 6.46. The summed E-state index contributed by atoms with van der Waals surface area (Å²) < 4.78 is 0. The fourth-order valence-corrected chi connectivity index (χ4v) is 2.69. The summed E-state index contributed by atoms with van der Waals surface area (Å²) in [5.41, 5.74) is -0.823. The first-order valence-electron chi connectivity index (χ1n) is 7.43. The minimum atomic E-state index is -0.823. The Labute approximate surface area is 126 Å². The van der Waals surface area contributed by atoms with E-state index >= 15 is 0 Å². The molecule has 1 aliphatic rings. The number of nitrogens with one attached hydrogen (secondary N) is 1. The molecule has 1 saturated carbocycles. The molecule has 5 nitrogen and oxygen atoms in total. The first-order chi connectivity index (χ1) is 9.95. The van der Waals surface area contributed by atoms with Crippen LogP contribution in [0, 0.1) is 11.3 Å². The van der Waals surface area contributed by atoms with Crippen molar-refractivity contribution in [2.24, 2.45) is 11.3 Å². The molecule has 1 aliphatic carbocycles. The van der Waals surface area contributed by atoms with Gasteiger partial charge in [-0.1, -0.05) is 19.1 Å². The molecule has 5 heteroatoms. The fraction of sp³-hybridized carbons (Fsp3) is 0.625. The molecule has 0 unspecified atom stereocenters. The van der Waals surface area contributed by atoms with Crippen molar-refractivity contribution >= 4 is 12.0 Å². The smallest absolute Gasteiger partial charge is 0.317 e. The van der Waals surface area contributed by atoms with Gasteiger partial charge in [0, 0.05) is 19.6 Å². The average Bonchev–Trinajstić information content (AvgIpc) is 2.46. The Morgan fingerprint density at radius 2 is 1.81 bits per heavy atom. The molecular formula is C16H26N2O3. The summed E-state index contributed by atoms with van der Waals surface area (Å²) >= 11 is 0. The summed E-state index contributed by atoms with van der Waals surface area (Å²) in [6.45, 7) is 10.4. The van der Waals surface area contributed by atoms with Gasteiger partial charge in [0.1, 0.15) is 0 Å². The summed E-state index contributed by atoms with van der Waals surface area (Å²) in [6, 6.07) is -0.269. The van der Waals surface area contributed by atoms with Gasteiger partial charge in [-0.2, -0.15) is 0 Å². The molecular weight excluding hydrogens is 268 g/mol. The lowest BCUT2D eigenvalue weighted by Gasteiger charge is -2.36. The Morgan fingerprint density at radius 3 is 2.24 bits per heavy atom. The van der Waals surface area contributed by atoms with E-state index in [4.69, 9.17) is 0 Å². The lowest BCUT2D eigenvalue weighted by Crippen LogP contribution is -2.49. The van der Waals surface area contributed by atoms with E-state index in [0.717, 1.165) is 12.8 Å². The van der Waals surface area contributed by atoms with Crippen molar-refractivity contribution in [2.45, 2.75) is 32.6 Å². The average molecular weight is 294 g/mol. The molecule has 0 saturated heterocycles. The maximum Gasteiger partial charge on any atom is 0.317 e. The number of nitrogens with zero attached hydrogens (tertiary/aromatic N) is 1. The van der Waals surface area contributed by atoms with Crippen LogP contribution in [0.5, 0.6) is 0 Å². The summed E-state index contributed by atoms with van der Waals surface area (Å²) in [5.74, 6) is -0.250. The van der Waals surface area contributed by atoms with Crippen LogP contribution in [0.2, 0.25) is 0 Å². The lowest BCUT2D eigenvalue weighted by atomic mass is 9.71. The minimum absolute atomic E-state index is 0.179. The summed E-state index contributed by atoms with van der Waals surface area (Å²) in [4.78, 5) is 25.3. The molecule has 0 aromatic heterocycles. The highest BCUT2D eigenvalue weighted by Crippen LogP contribution is 2.38. The van der Waals surface area contributed by atoms with Crippen LogP contribution in [0.25, 0.3) is 0 Å². The molecule has 0 heterocycles. The van der Waals surface area contributed by atoms with Gasteiger partial charge >= 0.3 is 12.0 Å². The maximum atomic E-state index is 12.1. The van der Waals surface area contributed by atoms with E-state index in [1.54, 1.807) is 17.1 Å². The van der Waals surface area contributed by atoms with Crippen molar-refractivity contribution in [2.75, 3.05) is 19.6 Å². The van der Waals surface area contributed by atoms with E-state index in [0.29, 0.717) is 31.8 Å². The summed E-state index contributed by atoms with van der Waals surface area (Å²) in [5, 5.41) is 12.3. The maximum absolute atomic E-state index is 12.1. The number of amides is 2. The third kappa shape index (κ3) is 4.62. The number of carbonyl (C=O) groups excluding carboxylic acids is 1. The molecule has 21 heavy (non-hydrogen) atoms. The molecule has 0 aromatic carbocycles. The van der Waals surface area contributed by atoms with Gasteiger partial charge in [0.2, 0.25) is 0 Å². The van der Waals surface area contributed by atoms with Gasteiger partial charge < -0.3 is 15.3 Å². The van der Waals surface area contributed by atoms with E-state index in [2.05, 4.69) is 25.4 Å². The number of rotatable bonds is 7. The van der Waals surface area contributed by atoms with Crippen molar-refractivity contribution in [1.29, 1.82) is 0 Å². The zero-order valence-corrected chi connectivity index (χ0v) is 12.8. The van der Waals surface area contributed by atoms with Gasteiger partial charge in [-0.25, -0.2) is 4.79 Å². The fourth-order valence-electron chi connectivity index (χ4n) is 2.69. The van der Waals surface area contributed by atoms with Gasteiger partial charge in [-0.05, 0) is 31.6 Å². The van der Waals surface area contributed by atoms with Crippen LogP contribution in [0.1, 0.15) is 32.6 Å². The SMILES string of the molecule is C=CCN(CC=C)C(=O)NCC1(C(=O)O)CCC(C)CC1. The van der Waals surface area contributed by atoms with E-state index in [1.807, 2.05) is 0 Å². The monoisotopic (exact) mass is 294 g/mol. The molecule has 2 amide bonds. The van der Waals surface area contributed by atoms with Crippen molar-refractivity contribution in [3.05, 3.63) is 25.3 Å². The highest BCUT2D eigenvalue weighted by atomic mass is 16.4. The van der Waals surface area contributed by atoms with Crippen LogP contribution in [0.4, 0.5) is 4.79 Å². The number of carboxylic acids is 1. The largest absolute Gasteiger partial charge is 0.481 e. The van der Waals surface area contributed by atoms with Crippen LogP contribution in [-0.2, 0) is 4.79 Å². The predicted octanol–water partition coefficient (Wildman–Crippen LogP) is 2.65. The zero-order valence-electron chi connectivity index (χ0n) is 12.8. The molecule has 118 valence electrons. The molecule has 1 rings (SSSR count). The molecule has 0 aliphatic heterocycles. The predicted molar refractivity (Wildman–Crippen MR) is 83.1 cm³/mol. The van der Waals surface area contributed by atoms with Crippen LogP contribution >= 0.6 is 0 Å². The number of carbonyl (C=O) groups is 2. The Hall–Kier alpha value is -1.78. The van der Waals surface area contributed by atoms with E-state index in [9.17, 15) is 14.7 Å². The topological polar surface area (TPSA) is 69.6 Å². The second-order valence-corrected chi connectivity index (χ2v) is 5.91. The number of hydrogen-bond donors (Lipinski definition) is 2. The van der Waals surface area contributed by atoms with E-state index in [1.165, 1.54) is 0 Å². The van der Waals surface area contributed by atoms with Gasteiger partial charge in [-0.15, -0.1) is 13.2 Å². The molecule has 0 bridgehead atoms. The molecule has 0 atom stereocenters. The van der Waals surface area contributed by atoms with Crippen molar-refractivity contribution in [1.82, 2.24) is 10.2 Å². The summed E-state index contributed by atoms with van der Waals surface area (Å²) in [6.07, 6.45) is 6.30. The van der Waals surface area contributed by atoms with Gasteiger partial charge in [0.25, 0.3) is 0 Å². The molecule has 0 aromatic rings. The summed E-state index contributed by atoms with van der Waals surface area (Å²) in [7, 11) is 0. The second-order valence-electron chi connectivity index (χ2n) is 5.91. The minimum Gasteiger partial charge on any atom is -0.481 e. The van der Waals surface area contributed by atoms with Crippen LogP contribution < -0.4 is 5.32 Å². The quantitative estimate of drug-likeness (QED) is 0.709. The van der Waals surface area contributed by atoms with E-state index in [-0.39, 0.29) is 12.6 Å². The highest BCUT2D eigenvalue weighted by Gasteiger charge is 2.41. The van der Waals surface area contributed by atoms with Crippen LogP contribution in [0.3, 0.4) is 0 Å². The van der Waals surface area contributed by atoms with Crippen LogP contribution in [-0.4, -0.2) is 41.6 Å². The molecule has 0 spiro atoms. The van der Waals surface area contributed by atoms with Crippen molar-refractivity contribution in [3.8, 4) is 0 Å². The van der Waals surface area contributed by atoms with Crippen molar-refractivity contribution in [3.63, 3.8) is 0 Å². The van der Waals surface area contributed by atoms with E-state index < -0.39 is 11.4 Å². The third-order valence-electron chi connectivity index (χ3n) is 4.25. The third-order valence-corrected chi connectivity index (χ3v) is 4.25. The van der Waals surface area contributed by atoms with Gasteiger partial charge in [0.15, 0.2) is 0 Å². The normalized spacial score (nSPS) is 24.9. The van der Waals surface area contributed by atoms with Gasteiger partial charge in [0.05, 0.1) is 5.41 Å². The molecule has 0 radical (unpaired) electrons. The lowest BCUT2D eigenvalue weighted by molar-refractivity contribution is -0.151. The standard InChI is InChI=1S/C16H26N2O3/c1-4-10-18(11-5-2)15(21)17-12-16(14(19)20)8-6-13(3)7-9-16/h4-5,13H,1-2,6-12H2,3H3,(H,17,21)(H,19,20). The second kappa shape index (κ2) is 7.86. The first-order valence-corrected chi connectivity index (χ1v) is 7.43. The molecule has 1 fully saturated rings. The Morgan fingerprint density at radius 1 is 1.29 bits per heavy atom. The van der Waals surface area contributed by atoms with Crippen molar-refractivity contribution < 1.29 is 14.7 Å². The zero-order chi connectivity index (χ0) is 15.9. The Bertz CT molecular complexity index is 388. The number of hydrogen-bond acceptors (Lipinski definition) is 2. The molecule has 2 N–H and O–H groups in total. The Balaban J connectivity index is 2.64. The van der Waals surface area contributed by atoms with Crippen LogP contribution in [0.15, 0.2) is 25.3 Å². The first kappa shape index (κ1) is 17.3.